The van der Waals surface area contributed by atoms with E-state index in [0.29, 0.717) is 30.6 Å². The summed E-state index contributed by atoms with van der Waals surface area (Å²) in [6.45, 7) is 13.4. The first-order chi connectivity index (χ1) is 16.4. The second-order valence-corrected chi connectivity index (χ2v) is 11.6. The third kappa shape index (κ3) is 8.39. The first-order valence-electron chi connectivity index (χ1n) is 12.7. The Kier molecular flexibility index (Phi) is 9.05. The maximum Gasteiger partial charge on any atom is 0.225 e. The molecule has 6 nitrogen and oxygen atoms in total. The highest BCUT2D eigenvalue weighted by Crippen LogP contribution is 2.25. The highest BCUT2D eigenvalue weighted by Gasteiger charge is 2.23. The molecule has 0 spiro atoms. The highest BCUT2D eigenvalue weighted by atomic mass is 19.1. The van der Waals surface area contributed by atoms with Crippen LogP contribution in [0.3, 0.4) is 0 Å². The molecule has 8 heteroatoms. The summed E-state index contributed by atoms with van der Waals surface area (Å²) in [5.41, 5.74) is 1.47. The molecule has 1 aromatic carbocycles. The lowest BCUT2D eigenvalue weighted by molar-refractivity contribution is -0.116. The molecule has 194 valence electrons. The van der Waals surface area contributed by atoms with Crippen LogP contribution < -0.4 is 16.0 Å². The maximum atomic E-state index is 14.1. The summed E-state index contributed by atoms with van der Waals surface area (Å²) < 4.78 is 29.5. The van der Waals surface area contributed by atoms with Gasteiger partial charge in [-0.25, -0.2) is 13.8 Å². The van der Waals surface area contributed by atoms with Crippen LogP contribution in [0.2, 0.25) is 0 Å². The fourth-order valence-electron chi connectivity index (χ4n) is 4.44. The number of benzene rings is 1. The van der Waals surface area contributed by atoms with Crippen molar-refractivity contribution in [1.82, 2.24) is 20.2 Å². The molecule has 0 radical (unpaired) electrons. The predicted octanol–water partition coefficient (Wildman–Crippen LogP) is 4.79. The number of rotatable bonds is 11. The molecule has 0 saturated carbocycles. The zero-order valence-electron chi connectivity index (χ0n) is 21.8. The van der Waals surface area contributed by atoms with Crippen LogP contribution in [-0.2, 0) is 23.2 Å². The van der Waals surface area contributed by atoms with Crippen molar-refractivity contribution >= 4 is 11.7 Å². The van der Waals surface area contributed by atoms with Crippen molar-refractivity contribution in [2.45, 2.75) is 84.7 Å². The minimum atomic E-state index is -0.505. The van der Waals surface area contributed by atoms with Gasteiger partial charge in [-0.3, -0.25) is 4.79 Å². The summed E-state index contributed by atoms with van der Waals surface area (Å²) in [4.78, 5) is 16.7. The fraction of sp³-hybridized carbons (Fsp3) is 0.630. The number of nitrogens with zero attached hydrogens (tertiary/aromatic N) is 2. The molecule has 1 heterocycles. The standard InChI is InChI=1S/C27H41F2N5O/c1-26(2,3)16-30-17-27(4,5)34-15-24(32-18-34)33-25(35)8-6-7-11-31-21-10-9-19-12-20(28)13-23(29)22(19)14-21/h12-13,15,18,21,30-31H,6-11,14,16-17H2,1-5H3,(H,33,35)/t21-/m0/s1. The molecular formula is C27H41F2N5O. The summed E-state index contributed by atoms with van der Waals surface area (Å²) in [5, 5.41) is 9.86. The summed E-state index contributed by atoms with van der Waals surface area (Å²) in [5.74, 6) is -0.435. The van der Waals surface area contributed by atoms with Gasteiger partial charge in [0, 0.05) is 37.8 Å². The lowest BCUT2D eigenvalue weighted by Gasteiger charge is -2.29. The first-order valence-corrected chi connectivity index (χ1v) is 12.7. The van der Waals surface area contributed by atoms with E-state index in [1.807, 2.05) is 10.8 Å². The second-order valence-electron chi connectivity index (χ2n) is 11.6. The van der Waals surface area contributed by atoms with Crippen LogP contribution in [0, 0.1) is 17.0 Å². The molecule has 0 bridgehead atoms. The number of halogens is 2. The van der Waals surface area contributed by atoms with Crippen LogP contribution in [0.4, 0.5) is 14.6 Å². The van der Waals surface area contributed by atoms with Crippen LogP contribution in [0.5, 0.6) is 0 Å². The number of carbonyl (C=O) groups excluding carboxylic acids is 1. The summed E-state index contributed by atoms with van der Waals surface area (Å²) in [7, 11) is 0. The van der Waals surface area contributed by atoms with Crippen LogP contribution in [0.15, 0.2) is 24.7 Å². The van der Waals surface area contributed by atoms with E-state index < -0.39 is 11.6 Å². The molecular weight excluding hydrogens is 448 g/mol. The Morgan fingerprint density at radius 1 is 1.14 bits per heavy atom. The van der Waals surface area contributed by atoms with Crippen molar-refractivity contribution < 1.29 is 13.6 Å². The molecule has 0 unspecified atom stereocenters. The summed E-state index contributed by atoms with van der Waals surface area (Å²) in [6, 6.07) is 2.59. The van der Waals surface area contributed by atoms with Gasteiger partial charge in [0.1, 0.15) is 11.6 Å². The number of hydrogen-bond acceptors (Lipinski definition) is 4. The van der Waals surface area contributed by atoms with Gasteiger partial charge in [-0.2, -0.15) is 0 Å². The minimum absolute atomic E-state index is 0.0467. The first kappa shape index (κ1) is 27.3. The van der Waals surface area contributed by atoms with Crippen molar-refractivity contribution in [3.8, 4) is 0 Å². The van der Waals surface area contributed by atoms with Crippen molar-refractivity contribution in [3.05, 3.63) is 47.4 Å². The van der Waals surface area contributed by atoms with E-state index in [4.69, 9.17) is 0 Å². The van der Waals surface area contributed by atoms with E-state index in [1.54, 1.807) is 6.33 Å². The van der Waals surface area contributed by atoms with E-state index in [-0.39, 0.29) is 22.9 Å². The molecule has 0 fully saturated rings. The van der Waals surface area contributed by atoms with E-state index in [9.17, 15) is 13.6 Å². The second kappa shape index (κ2) is 11.6. The highest BCUT2D eigenvalue weighted by molar-refractivity contribution is 5.89. The lowest BCUT2D eigenvalue weighted by atomic mass is 9.87. The molecule has 3 rings (SSSR count). The van der Waals surface area contributed by atoms with Crippen LogP contribution >= 0.6 is 0 Å². The van der Waals surface area contributed by atoms with E-state index in [2.05, 4.69) is 55.6 Å². The van der Waals surface area contributed by atoms with Gasteiger partial charge in [0.25, 0.3) is 0 Å². The Bertz CT molecular complexity index is 996. The SMILES string of the molecule is CC(C)(C)CNCC(C)(C)n1cnc(NC(=O)CCCCN[C@H]2CCc3cc(F)cc(F)c3C2)c1. The number of imidazole rings is 1. The van der Waals surface area contributed by atoms with Gasteiger partial charge in [-0.05, 0) is 75.1 Å². The molecule has 3 N–H and O–H groups in total. The van der Waals surface area contributed by atoms with Gasteiger partial charge in [-0.1, -0.05) is 20.8 Å². The molecule has 35 heavy (non-hydrogen) atoms. The number of aryl methyl sites for hydroxylation is 1. The van der Waals surface area contributed by atoms with Gasteiger partial charge in [0.05, 0.1) is 11.9 Å². The zero-order valence-corrected chi connectivity index (χ0v) is 21.8. The molecule has 0 saturated heterocycles. The average Bonchev–Trinajstić information content (AvgIpc) is 3.22. The molecule has 0 aliphatic heterocycles. The van der Waals surface area contributed by atoms with Gasteiger partial charge in [-0.15, -0.1) is 0 Å². The Hall–Kier alpha value is -2.32. The maximum absolute atomic E-state index is 14.1. The van der Waals surface area contributed by atoms with E-state index >= 15 is 0 Å². The number of amides is 1. The lowest BCUT2D eigenvalue weighted by Crippen LogP contribution is -2.40. The fourth-order valence-corrected chi connectivity index (χ4v) is 4.44. The quantitative estimate of drug-likeness (QED) is 0.397. The smallest absolute Gasteiger partial charge is 0.225 e. The largest absolute Gasteiger partial charge is 0.328 e. The van der Waals surface area contributed by atoms with Crippen molar-refractivity contribution in [2.75, 3.05) is 25.0 Å². The van der Waals surface area contributed by atoms with Gasteiger partial charge < -0.3 is 20.5 Å². The van der Waals surface area contributed by atoms with Crippen molar-refractivity contribution in [1.29, 1.82) is 0 Å². The Morgan fingerprint density at radius 3 is 2.66 bits per heavy atom. The zero-order chi connectivity index (χ0) is 25.6. The predicted molar refractivity (Wildman–Crippen MR) is 137 cm³/mol. The number of hydrogen-bond donors (Lipinski definition) is 3. The third-order valence-corrected chi connectivity index (χ3v) is 6.49. The number of aromatic nitrogens is 2. The number of anilines is 1. The van der Waals surface area contributed by atoms with Crippen molar-refractivity contribution in [3.63, 3.8) is 0 Å². The van der Waals surface area contributed by atoms with Gasteiger partial charge in [0.2, 0.25) is 5.91 Å². The number of unbranched alkanes of at least 4 members (excludes halogenated alkanes) is 1. The molecule has 1 aliphatic carbocycles. The normalized spacial score (nSPS) is 16.3. The monoisotopic (exact) mass is 489 g/mol. The van der Waals surface area contributed by atoms with Crippen LogP contribution in [0.1, 0.15) is 71.4 Å². The topological polar surface area (TPSA) is 71.0 Å². The summed E-state index contributed by atoms with van der Waals surface area (Å²) >= 11 is 0. The molecule has 1 aromatic heterocycles. The minimum Gasteiger partial charge on any atom is -0.328 e. The van der Waals surface area contributed by atoms with Crippen LogP contribution in [-0.4, -0.2) is 41.1 Å². The Morgan fingerprint density at radius 2 is 1.91 bits per heavy atom. The Labute approximate surface area is 208 Å². The molecule has 1 aliphatic rings. The van der Waals surface area contributed by atoms with E-state index in [1.165, 1.54) is 6.07 Å². The molecule has 1 amide bonds. The number of fused-ring (bicyclic) bond motifs is 1. The molecule has 2 aromatic rings. The number of nitrogens with one attached hydrogen (secondary N) is 3. The summed E-state index contributed by atoms with van der Waals surface area (Å²) in [6.07, 6.45) is 7.79. The number of carbonyl (C=O) groups is 1. The average molecular weight is 490 g/mol. The van der Waals surface area contributed by atoms with Crippen LogP contribution in [0.25, 0.3) is 0 Å². The van der Waals surface area contributed by atoms with E-state index in [0.717, 1.165) is 50.5 Å². The van der Waals surface area contributed by atoms with Gasteiger partial charge >= 0.3 is 0 Å². The third-order valence-electron chi connectivity index (χ3n) is 6.49. The van der Waals surface area contributed by atoms with Gasteiger partial charge in [0.15, 0.2) is 5.82 Å². The molecule has 1 atom stereocenters. The Balaban J connectivity index is 1.34. The van der Waals surface area contributed by atoms with Crippen molar-refractivity contribution in [2.24, 2.45) is 5.41 Å².